The molecule has 0 amide bonds. The first kappa shape index (κ1) is 11.7. The van der Waals surface area contributed by atoms with Gasteiger partial charge in [-0.2, -0.15) is 0 Å². The van der Waals surface area contributed by atoms with Crippen molar-refractivity contribution in [2.45, 2.75) is 0 Å². The van der Waals surface area contributed by atoms with Gasteiger partial charge < -0.3 is 4.90 Å². The maximum absolute atomic E-state index is 13.5. The molecule has 1 aromatic heterocycles. The first-order valence-corrected chi connectivity index (χ1v) is 4.84. The van der Waals surface area contributed by atoms with Crippen molar-refractivity contribution in [1.29, 1.82) is 0 Å². The molecule has 0 aliphatic rings. The zero-order valence-electron chi connectivity index (χ0n) is 8.29. The van der Waals surface area contributed by atoms with E-state index in [9.17, 15) is 4.39 Å². The Hall–Kier alpha value is -1.35. The zero-order valence-corrected chi connectivity index (χ0v) is 9.04. The molecule has 0 saturated heterocycles. The fraction of sp³-hybridized carbons (Fsp3) is 0.182. The Morgan fingerprint density at radius 2 is 2.00 bits per heavy atom. The topological polar surface area (TPSA) is 16.1 Å². The smallest absolute Gasteiger partial charge is 0.167 e. The molecular formula is C11H12ClFN2. The van der Waals surface area contributed by atoms with Gasteiger partial charge in [0, 0.05) is 19.3 Å². The van der Waals surface area contributed by atoms with Crippen LogP contribution in [0.25, 0.3) is 0 Å². The predicted octanol–water partition coefficient (Wildman–Crippen LogP) is 3.05. The number of halogens is 2. The van der Waals surface area contributed by atoms with Crippen LogP contribution in [0.2, 0.25) is 5.02 Å². The van der Waals surface area contributed by atoms with Crippen LogP contribution in [0.4, 0.5) is 10.2 Å². The predicted molar refractivity (Wildman–Crippen MR) is 61.8 cm³/mol. The van der Waals surface area contributed by atoms with Crippen LogP contribution < -0.4 is 4.90 Å². The van der Waals surface area contributed by atoms with Gasteiger partial charge in [0.15, 0.2) is 11.6 Å². The molecule has 0 unspecified atom stereocenters. The highest BCUT2D eigenvalue weighted by molar-refractivity contribution is 6.30. The first-order chi connectivity index (χ1) is 7.19. The molecule has 0 radical (unpaired) electrons. The molecule has 0 atom stereocenters. The van der Waals surface area contributed by atoms with Crippen LogP contribution in [0.15, 0.2) is 37.6 Å². The second-order valence-corrected chi connectivity index (χ2v) is 3.38. The summed E-state index contributed by atoms with van der Waals surface area (Å²) in [5.74, 6) is -0.176. The summed E-state index contributed by atoms with van der Waals surface area (Å²) in [6.45, 7) is 8.23. The molecule has 1 aromatic rings. The van der Waals surface area contributed by atoms with E-state index in [0.717, 1.165) is 0 Å². The highest BCUT2D eigenvalue weighted by Gasteiger charge is 2.10. The zero-order chi connectivity index (χ0) is 11.3. The van der Waals surface area contributed by atoms with E-state index in [1.165, 1.54) is 12.3 Å². The van der Waals surface area contributed by atoms with Crippen molar-refractivity contribution in [3.8, 4) is 0 Å². The first-order valence-electron chi connectivity index (χ1n) is 4.46. The minimum absolute atomic E-state index is 0.263. The van der Waals surface area contributed by atoms with E-state index in [1.807, 2.05) is 0 Å². The highest BCUT2D eigenvalue weighted by atomic mass is 35.5. The number of hydrogen-bond donors (Lipinski definition) is 0. The number of rotatable bonds is 5. The number of nitrogens with zero attached hydrogens (tertiary/aromatic N) is 2. The van der Waals surface area contributed by atoms with Crippen molar-refractivity contribution in [1.82, 2.24) is 4.98 Å². The lowest BCUT2D eigenvalue weighted by molar-refractivity contribution is 0.615. The largest absolute Gasteiger partial charge is 0.347 e. The molecule has 2 nitrogen and oxygen atoms in total. The van der Waals surface area contributed by atoms with Gasteiger partial charge in [0.2, 0.25) is 0 Å². The molecule has 0 bridgehead atoms. The quantitative estimate of drug-likeness (QED) is 0.718. The average molecular weight is 227 g/mol. The summed E-state index contributed by atoms with van der Waals surface area (Å²) >= 11 is 5.61. The number of pyridine rings is 1. The van der Waals surface area contributed by atoms with E-state index in [2.05, 4.69) is 18.1 Å². The molecule has 0 saturated carbocycles. The molecule has 0 spiro atoms. The van der Waals surface area contributed by atoms with Crippen LogP contribution >= 0.6 is 11.6 Å². The van der Waals surface area contributed by atoms with Crippen molar-refractivity contribution < 1.29 is 4.39 Å². The van der Waals surface area contributed by atoms with Crippen molar-refractivity contribution in [3.05, 3.63) is 48.4 Å². The van der Waals surface area contributed by atoms with Gasteiger partial charge in [0.25, 0.3) is 0 Å². The minimum Gasteiger partial charge on any atom is -0.347 e. The summed E-state index contributed by atoms with van der Waals surface area (Å²) in [4.78, 5) is 5.65. The fourth-order valence-electron chi connectivity index (χ4n) is 1.20. The molecule has 80 valence electrons. The summed E-state index contributed by atoms with van der Waals surface area (Å²) in [6.07, 6.45) is 4.78. The van der Waals surface area contributed by atoms with E-state index >= 15 is 0 Å². The SMILES string of the molecule is C=CCN(CC=C)c1ncc(Cl)cc1F. The van der Waals surface area contributed by atoms with Crippen LogP contribution in [0.5, 0.6) is 0 Å². The standard InChI is InChI=1S/C11H12ClFN2/c1-3-5-15(6-4-2)11-10(13)7-9(12)8-14-11/h3-4,7-8H,1-2,5-6H2. The Morgan fingerprint density at radius 1 is 1.40 bits per heavy atom. The highest BCUT2D eigenvalue weighted by Crippen LogP contribution is 2.19. The van der Waals surface area contributed by atoms with E-state index in [0.29, 0.717) is 13.1 Å². The number of anilines is 1. The number of hydrogen-bond acceptors (Lipinski definition) is 2. The van der Waals surface area contributed by atoms with Gasteiger partial charge in [-0.3, -0.25) is 0 Å². The van der Waals surface area contributed by atoms with E-state index < -0.39 is 5.82 Å². The van der Waals surface area contributed by atoms with Crippen LogP contribution in [-0.2, 0) is 0 Å². The Morgan fingerprint density at radius 3 is 2.47 bits per heavy atom. The summed E-state index contributed by atoms with van der Waals surface area (Å²) in [7, 11) is 0. The third-order valence-electron chi connectivity index (χ3n) is 1.79. The average Bonchev–Trinajstić information content (AvgIpc) is 2.17. The van der Waals surface area contributed by atoms with Gasteiger partial charge in [0.1, 0.15) is 0 Å². The van der Waals surface area contributed by atoms with Crippen molar-refractivity contribution in [3.63, 3.8) is 0 Å². The Kier molecular flexibility index (Phi) is 4.31. The summed E-state index contributed by atoms with van der Waals surface area (Å²) in [6, 6.07) is 1.24. The van der Waals surface area contributed by atoms with Crippen LogP contribution in [0.1, 0.15) is 0 Å². The lowest BCUT2D eigenvalue weighted by Gasteiger charge is -2.20. The molecule has 0 fully saturated rings. The van der Waals surface area contributed by atoms with Crippen molar-refractivity contribution in [2.24, 2.45) is 0 Å². The Balaban J connectivity index is 2.98. The van der Waals surface area contributed by atoms with Gasteiger partial charge >= 0.3 is 0 Å². The number of aromatic nitrogens is 1. The summed E-state index contributed by atoms with van der Waals surface area (Å²) in [5, 5.41) is 0.286. The molecule has 0 aliphatic carbocycles. The van der Waals surface area contributed by atoms with Gasteiger partial charge in [-0.15, -0.1) is 13.2 Å². The van der Waals surface area contributed by atoms with Crippen LogP contribution in [0.3, 0.4) is 0 Å². The Labute approximate surface area is 93.7 Å². The third-order valence-corrected chi connectivity index (χ3v) is 1.99. The molecule has 1 rings (SSSR count). The van der Waals surface area contributed by atoms with E-state index in [-0.39, 0.29) is 10.8 Å². The monoisotopic (exact) mass is 226 g/mol. The second kappa shape index (κ2) is 5.51. The van der Waals surface area contributed by atoms with Crippen LogP contribution in [-0.4, -0.2) is 18.1 Å². The lowest BCUT2D eigenvalue weighted by atomic mass is 10.3. The van der Waals surface area contributed by atoms with Crippen molar-refractivity contribution >= 4 is 17.4 Å². The molecule has 0 N–H and O–H groups in total. The Bertz CT molecular complexity index is 356. The molecule has 1 heterocycles. The van der Waals surface area contributed by atoms with E-state index in [4.69, 9.17) is 11.6 Å². The molecule has 15 heavy (non-hydrogen) atoms. The molecule has 0 aliphatic heterocycles. The van der Waals surface area contributed by atoms with E-state index in [1.54, 1.807) is 17.1 Å². The summed E-state index contributed by atoms with van der Waals surface area (Å²) in [5.41, 5.74) is 0. The maximum Gasteiger partial charge on any atom is 0.167 e. The van der Waals surface area contributed by atoms with Gasteiger partial charge in [-0.05, 0) is 6.07 Å². The minimum atomic E-state index is -0.439. The van der Waals surface area contributed by atoms with Gasteiger partial charge in [-0.25, -0.2) is 9.37 Å². The molecule has 4 heteroatoms. The molecule has 0 aromatic carbocycles. The summed E-state index contributed by atoms with van der Waals surface area (Å²) < 4.78 is 13.5. The van der Waals surface area contributed by atoms with Crippen molar-refractivity contribution in [2.75, 3.05) is 18.0 Å². The van der Waals surface area contributed by atoms with Gasteiger partial charge in [0.05, 0.1) is 5.02 Å². The van der Waals surface area contributed by atoms with Crippen LogP contribution in [0, 0.1) is 5.82 Å². The maximum atomic E-state index is 13.5. The normalized spacial score (nSPS) is 9.73. The fourth-order valence-corrected chi connectivity index (χ4v) is 1.34. The van der Waals surface area contributed by atoms with Gasteiger partial charge in [-0.1, -0.05) is 23.8 Å². The molecular weight excluding hydrogens is 215 g/mol. The second-order valence-electron chi connectivity index (χ2n) is 2.94. The third kappa shape index (κ3) is 3.06. The lowest BCUT2D eigenvalue weighted by Crippen LogP contribution is -2.25.